The van der Waals surface area contributed by atoms with Crippen molar-refractivity contribution >= 4 is 0 Å². The first kappa shape index (κ1) is 15.1. The van der Waals surface area contributed by atoms with E-state index in [1.54, 1.807) is 0 Å². The first-order valence-electron chi connectivity index (χ1n) is 4.47. The SMILES string of the molecule is CC.CC1CCCC[CH-]N1.[K+]. The van der Waals surface area contributed by atoms with E-state index in [0.29, 0.717) is 0 Å². The summed E-state index contributed by atoms with van der Waals surface area (Å²) in [6.45, 7) is 8.43. The normalized spacial score (nSPS) is 23.7. The Kier molecular flexibility index (Phi) is 15.9. The van der Waals surface area contributed by atoms with Gasteiger partial charge in [-0.05, 0) is 12.5 Å². The second-order valence-electron chi connectivity index (χ2n) is 2.56. The third kappa shape index (κ3) is 9.51. The zero-order valence-electron chi connectivity index (χ0n) is 8.48. The fourth-order valence-electron chi connectivity index (χ4n) is 1.06. The Morgan fingerprint density at radius 1 is 1.27 bits per heavy atom. The predicted molar refractivity (Wildman–Crippen MR) is 46.7 cm³/mol. The molecule has 62 valence electrons. The molecule has 1 atom stereocenters. The van der Waals surface area contributed by atoms with Gasteiger partial charge in [0.25, 0.3) is 0 Å². The summed E-state index contributed by atoms with van der Waals surface area (Å²) in [5.74, 6) is 0. The minimum Gasteiger partial charge on any atom is -0.468 e. The first-order chi connectivity index (χ1) is 4.89. The van der Waals surface area contributed by atoms with E-state index in [0.717, 1.165) is 6.04 Å². The molecule has 1 nitrogen and oxygen atoms in total. The Morgan fingerprint density at radius 3 is 2.55 bits per heavy atom. The van der Waals surface area contributed by atoms with Gasteiger partial charge in [-0.3, -0.25) is 6.54 Å². The Hall–Kier alpha value is 1.60. The molecule has 2 heteroatoms. The van der Waals surface area contributed by atoms with Crippen molar-refractivity contribution in [2.24, 2.45) is 0 Å². The van der Waals surface area contributed by atoms with Gasteiger partial charge < -0.3 is 5.32 Å². The second kappa shape index (κ2) is 11.6. The molecule has 0 saturated carbocycles. The molecule has 1 fully saturated rings. The Bertz CT molecular complexity index is 58.6. The van der Waals surface area contributed by atoms with E-state index in [-0.39, 0.29) is 51.4 Å². The minimum absolute atomic E-state index is 0. The summed E-state index contributed by atoms with van der Waals surface area (Å²) >= 11 is 0. The summed E-state index contributed by atoms with van der Waals surface area (Å²) in [5, 5.41) is 3.32. The molecule has 0 amide bonds. The Balaban J connectivity index is 0. The maximum absolute atomic E-state index is 3.32. The van der Waals surface area contributed by atoms with Crippen molar-refractivity contribution < 1.29 is 51.4 Å². The molecule has 0 radical (unpaired) electrons. The molecule has 1 heterocycles. The van der Waals surface area contributed by atoms with Crippen LogP contribution in [0.4, 0.5) is 0 Å². The zero-order chi connectivity index (χ0) is 7.82. The van der Waals surface area contributed by atoms with Crippen molar-refractivity contribution in [2.45, 2.75) is 52.5 Å². The van der Waals surface area contributed by atoms with E-state index in [1.165, 1.54) is 25.7 Å². The van der Waals surface area contributed by atoms with Gasteiger partial charge in [0.15, 0.2) is 0 Å². The van der Waals surface area contributed by atoms with Crippen LogP contribution in [-0.4, -0.2) is 6.04 Å². The third-order valence-corrected chi connectivity index (χ3v) is 1.64. The molecule has 11 heavy (non-hydrogen) atoms. The number of hydrogen-bond acceptors (Lipinski definition) is 1. The minimum atomic E-state index is 0. The molecule has 1 rings (SSSR count). The maximum atomic E-state index is 3.32. The van der Waals surface area contributed by atoms with E-state index in [2.05, 4.69) is 18.8 Å². The predicted octanol–water partition coefficient (Wildman–Crippen LogP) is -0.270. The van der Waals surface area contributed by atoms with E-state index in [4.69, 9.17) is 0 Å². The fraction of sp³-hybridized carbons (Fsp3) is 0.889. The molecule has 1 aliphatic heterocycles. The molecule has 1 N–H and O–H groups in total. The van der Waals surface area contributed by atoms with Crippen LogP contribution >= 0.6 is 0 Å². The van der Waals surface area contributed by atoms with Crippen LogP contribution in [-0.2, 0) is 0 Å². The van der Waals surface area contributed by atoms with Crippen LogP contribution in [0.2, 0.25) is 0 Å². The average molecular weight is 181 g/mol. The zero-order valence-corrected chi connectivity index (χ0v) is 11.6. The van der Waals surface area contributed by atoms with E-state index < -0.39 is 0 Å². The molecule has 0 aromatic heterocycles. The number of nitrogens with one attached hydrogen (secondary N) is 1. The first-order valence-corrected chi connectivity index (χ1v) is 4.47. The summed E-state index contributed by atoms with van der Waals surface area (Å²) < 4.78 is 0. The molecular formula is C9H20KN. The van der Waals surface area contributed by atoms with Gasteiger partial charge in [-0.1, -0.05) is 33.6 Å². The Labute approximate surface area is 114 Å². The van der Waals surface area contributed by atoms with Gasteiger partial charge >= 0.3 is 51.4 Å². The molecule has 1 saturated heterocycles. The maximum Gasteiger partial charge on any atom is 1.00 e. The quantitative estimate of drug-likeness (QED) is 0.401. The van der Waals surface area contributed by atoms with Crippen molar-refractivity contribution in [1.29, 1.82) is 0 Å². The van der Waals surface area contributed by atoms with E-state index >= 15 is 0 Å². The van der Waals surface area contributed by atoms with Crippen molar-refractivity contribution in [1.82, 2.24) is 5.32 Å². The largest absolute Gasteiger partial charge is 1.00 e. The van der Waals surface area contributed by atoms with Crippen molar-refractivity contribution in [3.05, 3.63) is 6.54 Å². The smallest absolute Gasteiger partial charge is 0.468 e. The molecule has 1 unspecified atom stereocenters. The van der Waals surface area contributed by atoms with Crippen molar-refractivity contribution in [2.75, 3.05) is 0 Å². The summed E-state index contributed by atoms with van der Waals surface area (Å²) in [4.78, 5) is 0. The van der Waals surface area contributed by atoms with Gasteiger partial charge in [0.05, 0.1) is 0 Å². The van der Waals surface area contributed by atoms with Crippen molar-refractivity contribution in [3.63, 3.8) is 0 Å². The molecule has 0 aromatic rings. The Morgan fingerprint density at radius 2 is 1.91 bits per heavy atom. The molecule has 0 bridgehead atoms. The fourth-order valence-corrected chi connectivity index (χ4v) is 1.06. The van der Waals surface area contributed by atoms with Crippen molar-refractivity contribution in [3.8, 4) is 0 Å². The van der Waals surface area contributed by atoms with Crippen LogP contribution in [0.15, 0.2) is 0 Å². The van der Waals surface area contributed by atoms with Crippen LogP contribution in [0.25, 0.3) is 0 Å². The number of hydrogen-bond donors (Lipinski definition) is 1. The standard InChI is InChI=1S/C7H14N.C2H6.K/c1-7-5-3-2-4-6-8-7;1-2;/h6-8H,2-5H2,1H3;1-2H3;/q-1;;+1. The molecule has 1 aliphatic rings. The van der Waals surface area contributed by atoms with Gasteiger partial charge in [-0.15, -0.1) is 0 Å². The molecule has 0 aliphatic carbocycles. The monoisotopic (exact) mass is 181 g/mol. The summed E-state index contributed by atoms with van der Waals surface area (Å²) in [5.41, 5.74) is 0. The van der Waals surface area contributed by atoms with Crippen LogP contribution in [0, 0.1) is 6.54 Å². The van der Waals surface area contributed by atoms with Gasteiger partial charge in [-0.25, -0.2) is 0 Å². The van der Waals surface area contributed by atoms with E-state index in [9.17, 15) is 0 Å². The summed E-state index contributed by atoms with van der Waals surface area (Å²) in [6.07, 6.45) is 5.36. The number of rotatable bonds is 0. The van der Waals surface area contributed by atoms with E-state index in [1.807, 2.05) is 13.8 Å². The summed E-state index contributed by atoms with van der Waals surface area (Å²) in [6, 6.07) is 0.720. The van der Waals surface area contributed by atoms with Crippen LogP contribution < -0.4 is 56.7 Å². The second-order valence-corrected chi connectivity index (χ2v) is 2.56. The average Bonchev–Trinajstić information content (AvgIpc) is 2.21. The van der Waals surface area contributed by atoms with Gasteiger partial charge in [0.1, 0.15) is 0 Å². The van der Waals surface area contributed by atoms with Crippen LogP contribution in [0.1, 0.15) is 46.5 Å². The third-order valence-electron chi connectivity index (χ3n) is 1.64. The molecule has 0 spiro atoms. The van der Waals surface area contributed by atoms with Gasteiger partial charge in [0, 0.05) is 0 Å². The van der Waals surface area contributed by atoms with Gasteiger partial charge in [0.2, 0.25) is 0 Å². The van der Waals surface area contributed by atoms with Crippen LogP contribution in [0.3, 0.4) is 0 Å². The topological polar surface area (TPSA) is 12.0 Å². The van der Waals surface area contributed by atoms with Gasteiger partial charge in [-0.2, -0.15) is 6.42 Å². The molecular weight excluding hydrogens is 161 g/mol. The summed E-state index contributed by atoms with van der Waals surface area (Å²) in [7, 11) is 0. The van der Waals surface area contributed by atoms with Crippen LogP contribution in [0.5, 0.6) is 0 Å². The molecule has 0 aromatic carbocycles.